The summed E-state index contributed by atoms with van der Waals surface area (Å²) in [5, 5.41) is 10.2. The van der Waals surface area contributed by atoms with Crippen LogP contribution in [0.15, 0.2) is 77.3 Å². The number of hydrogen-bond donors (Lipinski definition) is 1. The Balaban J connectivity index is 2.03. The van der Waals surface area contributed by atoms with Crippen LogP contribution >= 0.6 is 0 Å². The summed E-state index contributed by atoms with van der Waals surface area (Å²) in [5.41, 5.74) is 8.83. The third-order valence-electron chi connectivity index (χ3n) is 6.43. The lowest BCUT2D eigenvalue weighted by atomic mass is 9.81. The number of methoxy groups -OCH3 is 2. The van der Waals surface area contributed by atoms with E-state index in [1.165, 1.54) is 19.1 Å². The molecule has 0 amide bonds. The first-order chi connectivity index (χ1) is 17.0. The molecule has 2 aliphatic rings. The summed E-state index contributed by atoms with van der Waals surface area (Å²) in [6.45, 7) is 1.71. The summed E-state index contributed by atoms with van der Waals surface area (Å²) in [7, 11) is 2.49. The minimum absolute atomic E-state index is 0.00440. The maximum atomic E-state index is 13.3. The molecule has 0 radical (unpaired) electrons. The Morgan fingerprint density at radius 2 is 1.51 bits per heavy atom. The summed E-state index contributed by atoms with van der Waals surface area (Å²) in [6, 6.07) is 18.7. The molecule has 0 saturated carbocycles. The van der Waals surface area contributed by atoms with Crippen LogP contribution in [0.1, 0.15) is 30.7 Å². The van der Waals surface area contributed by atoms with Crippen molar-refractivity contribution in [2.24, 2.45) is 5.73 Å². The van der Waals surface area contributed by atoms with E-state index < -0.39 is 17.9 Å². The fourth-order valence-corrected chi connectivity index (χ4v) is 4.82. The molecule has 0 aromatic heterocycles. The molecule has 2 aliphatic heterocycles. The van der Waals surface area contributed by atoms with Crippen molar-refractivity contribution in [3.05, 3.63) is 82.8 Å². The summed E-state index contributed by atoms with van der Waals surface area (Å²) in [4.78, 5) is 30.2. The van der Waals surface area contributed by atoms with Gasteiger partial charge in [0.15, 0.2) is 0 Å². The lowest BCUT2D eigenvalue weighted by Gasteiger charge is -2.39. The highest BCUT2D eigenvalue weighted by molar-refractivity contribution is 6.07. The van der Waals surface area contributed by atoms with Gasteiger partial charge in [-0.3, -0.25) is 4.90 Å². The summed E-state index contributed by atoms with van der Waals surface area (Å²) in [6.07, 6.45) is 3.25. The molecule has 180 valence electrons. The average Bonchev–Trinajstić information content (AvgIpc) is 2.92. The fourth-order valence-electron chi connectivity index (χ4n) is 4.82. The van der Waals surface area contributed by atoms with Crippen molar-refractivity contribution in [2.45, 2.75) is 25.2 Å². The highest BCUT2D eigenvalue weighted by Gasteiger charge is 2.43. The van der Waals surface area contributed by atoms with Crippen LogP contribution in [0.4, 0.5) is 11.4 Å². The molecular weight excluding hydrogens is 444 g/mol. The monoisotopic (exact) mass is 472 g/mol. The second-order valence-corrected chi connectivity index (χ2v) is 8.37. The zero-order valence-electron chi connectivity index (χ0n) is 19.9. The number of nitriles is 1. The molecule has 0 spiro atoms. The molecule has 2 heterocycles. The third kappa shape index (κ3) is 4.33. The molecule has 1 unspecified atom stereocenters. The van der Waals surface area contributed by atoms with E-state index in [0.29, 0.717) is 11.3 Å². The van der Waals surface area contributed by atoms with Crippen molar-refractivity contribution in [1.82, 2.24) is 0 Å². The molecule has 2 aromatic rings. The van der Waals surface area contributed by atoms with Gasteiger partial charge in [-0.1, -0.05) is 42.5 Å². The number of nitrogens with zero attached hydrogens (tertiary/aromatic N) is 3. The Labute approximate surface area is 204 Å². The molecule has 1 atom stereocenters. The van der Waals surface area contributed by atoms with Crippen molar-refractivity contribution < 1.29 is 19.1 Å². The first kappa shape index (κ1) is 23.9. The Morgan fingerprint density at radius 1 is 0.914 bits per heavy atom. The zero-order valence-corrected chi connectivity index (χ0v) is 19.9. The minimum atomic E-state index is -0.888. The van der Waals surface area contributed by atoms with Gasteiger partial charge in [-0.15, -0.1) is 0 Å². The Kier molecular flexibility index (Phi) is 7.06. The van der Waals surface area contributed by atoms with Crippen LogP contribution < -0.4 is 15.5 Å². The van der Waals surface area contributed by atoms with Gasteiger partial charge in [-0.05, 0) is 37.0 Å². The largest absolute Gasteiger partial charge is 0.466 e. The number of carbonyl (C=O) groups is 2. The fraction of sp³-hybridized carbons (Fsp3) is 0.296. The standard InChI is InChI=1S/C27H28N4O4/c1-34-26(32)23-22(18-11-5-3-6-12-18)19(17-28)25(29)31(24(23)27(33)35-2)21-14-8-7-13-20(21)30-15-9-4-10-16-30/h3,5-8,11-14,22H,4,9-10,15-16,29H2,1-2H3. The number of esters is 2. The summed E-state index contributed by atoms with van der Waals surface area (Å²) in [5.74, 6) is -2.31. The Morgan fingerprint density at radius 3 is 2.11 bits per heavy atom. The molecule has 8 heteroatoms. The van der Waals surface area contributed by atoms with Crippen molar-refractivity contribution >= 4 is 23.3 Å². The van der Waals surface area contributed by atoms with Gasteiger partial charge in [0.05, 0.1) is 48.7 Å². The molecule has 0 bridgehead atoms. The second-order valence-electron chi connectivity index (χ2n) is 8.37. The van der Waals surface area contributed by atoms with Gasteiger partial charge in [-0.25, -0.2) is 9.59 Å². The molecule has 1 saturated heterocycles. The first-order valence-electron chi connectivity index (χ1n) is 11.5. The van der Waals surface area contributed by atoms with E-state index in [1.807, 2.05) is 30.3 Å². The van der Waals surface area contributed by atoms with E-state index in [4.69, 9.17) is 15.2 Å². The third-order valence-corrected chi connectivity index (χ3v) is 6.43. The number of carbonyl (C=O) groups excluding carboxylic acids is 2. The molecule has 1 fully saturated rings. The number of piperidine rings is 1. The quantitative estimate of drug-likeness (QED) is 0.658. The van der Waals surface area contributed by atoms with E-state index in [9.17, 15) is 14.9 Å². The average molecular weight is 473 g/mol. The molecule has 35 heavy (non-hydrogen) atoms. The second kappa shape index (κ2) is 10.3. The number of allylic oxidation sites excluding steroid dienone is 1. The maximum Gasteiger partial charge on any atom is 0.355 e. The Bertz CT molecular complexity index is 1220. The zero-order chi connectivity index (χ0) is 24.9. The number of ether oxygens (including phenoxy) is 2. The van der Waals surface area contributed by atoms with Gasteiger partial charge >= 0.3 is 11.9 Å². The number of nitrogens with two attached hydrogens (primary N) is 1. The number of hydrogen-bond acceptors (Lipinski definition) is 8. The molecule has 0 aliphatic carbocycles. The van der Waals surface area contributed by atoms with E-state index in [1.54, 1.807) is 24.3 Å². The lowest BCUT2D eigenvalue weighted by molar-refractivity contribution is -0.139. The van der Waals surface area contributed by atoms with Crippen LogP contribution in [0.5, 0.6) is 0 Å². The van der Waals surface area contributed by atoms with Gasteiger partial charge < -0.3 is 20.1 Å². The van der Waals surface area contributed by atoms with Crippen LogP contribution in [0, 0.1) is 11.3 Å². The maximum absolute atomic E-state index is 13.3. The van der Waals surface area contributed by atoms with Gasteiger partial charge in [0.2, 0.25) is 0 Å². The number of para-hydroxylation sites is 2. The van der Waals surface area contributed by atoms with Crippen LogP contribution in [-0.4, -0.2) is 39.2 Å². The lowest BCUT2D eigenvalue weighted by Crippen LogP contribution is -2.41. The highest BCUT2D eigenvalue weighted by Crippen LogP contribution is 2.45. The Hall–Kier alpha value is -4.25. The topological polar surface area (TPSA) is 109 Å². The molecule has 4 rings (SSSR count). The van der Waals surface area contributed by atoms with Gasteiger partial charge in [0, 0.05) is 13.1 Å². The van der Waals surface area contributed by atoms with Crippen LogP contribution in [0.2, 0.25) is 0 Å². The highest BCUT2D eigenvalue weighted by atomic mass is 16.5. The smallest absolute Gasteiger partial charge is 0.355 e. The van der Waals surface area contributed by atoms with Crippen LogP contribution in [0.3, 0.4) is 0 Å². The van der Waals surface area contributed by atoms with Crippen molar-refractivity contribution in [2.75, 3.05) is 37.1 Å². The molecular formula is C27H28N4O4. The van der Waals surface area contributed by atoms with Crippen LogP contribution in [-0.2, 0) is 19.1 Å². The normalized spacial score (nSPS) is 18.3. The molecule has 8 nitrogen and oxygen atoms in total. The number of rotatable bonds is 5. The van der Waals surface area contributed by atoms with Gasteiger partial charge in [0.25, 0.3) is 0 Å². The minimum Gasteiger partial charge on any atom is -0.466 e. The predicted octanol–water partition coefficient (Wildman–Crippen LogP) is 3.57. The van der Waals surface area contributed by atoms with E-state index in [2.05, 4.69) is 11.0 Å². The van der Waals surface area contributed by atoms with E-state index in [-0.39, 0.29) is 22.7 Å². The molecule has 2 N–H and O–H groups in total. The number of anilines is 2. The predicted molar refractivity (Wildman–Crippen MR) is 132 cm³/mol. The van der Waals surface area contributed by atoms with Gasteiger partial charge in [0.1, 0.15) is 11.5 Å². The number of benzene rings is 2. The first-order valence-corrected chi connectivity index (χ1v) is 11.5. The van der Waals surface area contributed by atoms with E-state index >= 15 is 0 Å². The van der Waals surface area contributed by atoms with Crippen LogP contribution in [0.25, 0.3) is 0 Å². The van der Waals surface area contributed by atoms with Crippen molar-refractivity contribution in [1.29, 1.82) is 5.26 Å². The van der Waals surface area contributed by atoms with Crippen molar-refractivity contribution in [3.8, 4) is 6.07 Å². The van der Waals surface area contributed by atoms with Crippen molar-refractivity contribution in [3.63, 3.8) is 0 Å². The van der Waals surface area contributed by atoms with E-state index in [0.717, 1.165) is 38.0 Å². The molecule has 2 aromatic carbocycles. The summed E-state index contributed by atoms with van der Waals surface area (Å²) >= 11 is 0. The van der Waals surface area contributed by atoms with Gasteiger partial charge in [-0.2, -0.15) is 5.26 Å². The SMILES string of the molecule is COC(=O)C1=C(C(=O)OC)N(c2ccccc2N2CCCCC2)C(N)=C(C#N)C1c1ccccc1. The summed E-state index contributed by atoms with van der Waals surface area (Å²) < 4.78 is 10.2.